The number of fused-ring (bicyclic) bond motifs is 3. The van der Waals surface area contributed by atoms with Crippen LogP contribution in [0.15, 0.2) is 41.3 Å². The van der Waals surface area contributed by atoms with Crippen LogP contribution in [0.2, 0.25) is 0 Å². The zero-order valence-corrected chi connectivity index (χ0v) is 18.5. The average Bonchev–Trinajstić information content (AvgIpc) is 3.43. The van der Waals surface area contributed by atoms with Crippen molar-refractivity contribution in [1.82, 2.24) is 19.4 Å². The number of benzene rings is 1. The zero-order chi connectivity index (χ0) is 20.7. The average molecular weight is 429 g/mol. The third-order valence-corrected chi connectivity index (χ3v) is 8.97. The first-order chi connectivity index (χ1) is 14.5. The van der Waals surface area contributed by atoms with Crippen molar-refractivity contribution in [2.45, 2.75) is 61.3 Å². The van der Waals surface area contributed by atoms with Crippen molar-refractivity contribution >= 4 is 10.0 Å². The molecule has 162 valence electrons. The molecule has 30 heavy (non-hydrogen) atoms. The van der Waals surface area contributed by atoms with E-state index in [1.165, 1.54) is 43.5 Å². The van der Waals surface area contributed by atoms with Crippen molar-refractivity contribution in [3.63, 3.8) is 0 Å². The quantitative estimate of drug-likeness (QED) is 0.767. The summed E-state index contributed by atoms with van der Waals surface area (Å²) in [5.74, 6) is 1.76. The Labute approximate surface area is 179 Å². The molecular formula is C23H32N4O2S. The van der Waals surface area contributed by atoms with Gasteiger partial charge < -0.3 is 0 Å². The molecule has 3 saturated heterocycles. The van der Waals surface area contributed by atoms with Gasteiger partial charge in [-0.15, -0.1) is 0 Å². The SMILES string of the molecule is Cn1nc(C2CCCC2)cc1[C@H]1CN2CC[C@H]1C[C@@H]2CNS(=O)(=O)c1ccccc1. The second-order valence-corrected chi connectivity index (χ2v) is 11.1. The van der Waals surface area contributed by atoms with Crippen LogP contribution in [0, 0.1) is 5.92 Å². The summed E-state index contributed by atoms with van der Waals surface area (Å²) in [6.45, 7) is 2.55. The predicted octanol–water partition coefficient (Wildman–Crippen LogP) is 3.23. The van der Waals surface area contributed by atoms with Crippen molar-refractivity contribution in [2.75, 3.05) is 19.6 Å². The zero-order valence-electron chi connectivity index (χ0n) is 17.7. The minimum Gasteiger partial charge on any atom is -0.298 e. The number of nitrogens with one attached hydrogen (secondary N) is 1. The number of hydrogen-bond donors (Lipinski definition) is 1. The molecule has 2 bridgehead atoms. The van der Waals surface area contributed by atoms with Crippen LogP contribution < -0.4 is 4.72 Å². The molecule has 4 heterocycles. The third-order valence-electron chi connectivity index (χ3n) is 7.53. The largest absolute Gasteiger partial charge is 0.298 e. The maximum atomic E-state index is 12.6. The number of hydrogen-bond acceptors (Lipinski definition) is 4. The predicted molar refractivity (Wildman–Crippen MR) is 117 cm³/mol. The number of piperidine rings is 3. The third kappa shape index (κ3) is 3.83. The van der Waals surface area contributed by atoms with E-state index < -0.39 is 10.0 Å². The van der Waals surface area contributed by atoms with Gasteiger partial charge in [-0.05, 0) is 56.3 Å². The van der Waals surface area contributed by atoms with Gasteiger partial charge in [0, 0.05) is 43.7 Å². The number of nitrogens with zero attached hydrogens (tertiary/aromatic N) is 3. The normalized spacial score (nSPS) is 29.5. The van der Waals surface area contributed by atoms with E-state index in [0.717, 1.165) is 19.5 Å². The maximum Gasteiger partial charge on any atom is 0.240 e. The summed E-state index contributed by atoms with van der Waals surface area (Å²) in [4.78, 5) is 2.83. The van der Waals surface area contributed by atoms with Crippen LogP contribution in [-0.2, 0) is 17.1 Å². The molecule has 4 fully saturated rings. The number of aromatic nitrogens is 2. The van der Waals surface area contributed by atoms with Gasteiger partial charge in [-0.25, -0.2) is 13.1 Å². The summed E-state index contributed by atoms with van der Waals surface area (Å²) in [5.41, 5.74) is 2.66. The Kier molecular flexibility index (Phi) is 5.45. The van der Waals surface area contributed by atoms with E-state index in [-0.39, 0.29) is 6.04 Å². The molecule has 3 aliphatic heterocycles. The van der Waals surface area contributed by atoms with E-state index in [1.807, 2.05) is 6.07 Å². The summed E-state index contributed by atoms with van der Waals surface area (Å²) in [7, 11) is -1.35. The Bertz CT molecular complexity index is 982. The number of aryl methyl sites for hydroxylation is 1. The molecule has 0 amide bonds. The smallest absolute Gasteiger partial charge is 0.240 e. The lowest BCUT2D eigenvalue weighted by Gasteiger charge is -2.50. The molecule has 6 nitrogen and oxygen atoms in total. The maximum absolute atomic E-state index is 12.6. The van der Waals surface area contributed by atoms with Gasteiger partial charge in [-0.3, -0.25) is 9.58 Å². The molecule has 4 aliphatic rings. The molecule has 1 aliphatic carbocycles. The van der Waals surface area contributed by atoms with Crippen LogP contribution in [0.3, 0.4) is 0 Å². The first-order valence-corrected chi connectivity index (χ1v) is 12.8. The number of rotatable bonds is 6. The van der Waals surface area contributed by atoms with Crippen LogP contribution in [0.1, 0.15) is 61.7 Å². The van der Waals surface area contributed by atoms with Crippen molar-refractivity contribution in [3.05, 3.63) is 47.8 Å². The highest BCUT2D eigenvalue weighted by Gasteiger charge is 2.42. The van der Waals surface area contributed by atoms with Crippen LogP contribution >= 0.6 is 0 Å². The molecule has 6 rings (SSSR count). The Morgan fingerprint density at radius 1 is 1.13 bits per heavy atom. The van der Waals surface area contributed by atoms with Crippen LogP contribution in [0.5, 0.6) is 0 Å². The molecule has 0 spiro atoms. The molecule has 4 atom stereocenters. The van der Waals surface area contributed by atoms with E-state index in [4.69, 9.17) is 5.10 Å². The monoisotopic (exact) mass is 428 g/mol. The summed E-state index contributed by atoms with van der Waals surface area (Å²) in [6, 6.07) is 11.3. The first kappa shape index (κ1) is 20.2. The standard InChI is InChI=1S/C23H32N4O2S/c1-26-23(14-22(25-26)17-7-5-6-8-17)21-16-27-12-11-18(21)13-19(27)15-24-30(28,29)20-9-3-2-4-10-20/h2-4,9-10,14,17-19,21,24H,5-8,11-13,15-16H2,1H3/t18-,19+,21-/m0/s1. The number of sulfonamides is 1. The van der Waals surface area contributed by atoms with Crippen molar-refractivity contribution < 1.29 is 8.42 Å². The highest BCUT2D eigenvalue weighted by molar-refractivity contribution is 7.89. The lowest BCUT2D eigenvalue weighted by atomic mass is 9.74. The highest BCUT2D eigenvalue weighted by Crippen LogP contribution is 2.43. The molecule has 1 N–H and O–H groups in total. The van der Waals surface area contributed by atoms with Crippen LogP contribution in [0.4, 0.5) is 0 Å². The van der Waals surface area contributed by atoms with E-state index in [9.17, 15) is 8.42 Å². The Hall–Kier alpha value is -1.70. The molecule has 0 radical (unpaired) electrons. The van der Waals surface area contributed by atoms with Gasteiger partial charge in [0.1, 0.15) is 0 Å². The van der Waals surface area contributed by atoms with Gasteiger partial charge in [0.15, 0.2) is 0 Å². The Morgan fingerprint density at radius 2 is 1.90 bits per heavy atom. The second kappa shape index (κ2) is 8.09. The summed E-state index contributed by atoms with van der Waals surface area (Å²) in [6.07, 6.45) is 7.46. The first-order valence-electron chi connectivity index (χ1n) is 11.3. The molecule has 2 aromatic rings. The van der Waals surface area contributed by atoms with Crippen molar-refractivity contribution in [3.8, 4) is 0 Å². The minimum atomic E-state index is -3.45. The highest BCUT2D eigenvalue weighted by atomic mass is 32.2. The van der Waals surface area contributed by atoms with Gasteiger partial charge in [0.2, 0.25) is 10.0 Å². The molecule has 1 unspecified atom stereocenters. The van der Waals surface area contributed by atoms with Gasteiger partial charge in [0.25, 0.3) is 0 Å². The Morgan fingerprint density at radius 3 is 2.60 bits per heavy atom. The summed E-state index contributed by atoms with van der Waals surface area (Å²) in [5, 5.41) is 4.88. The molecular weight excluding hydrogens is 396 g/mol. The Balaban J connectivity index is 1.25. The van der Waals surface area contributed by atoms with Gasteiger partial charge in [-0.2, -0.15) is 5.10 Å². The molecule has 1 saturated carbocycles. The fourth-order valence-corrected chi connectivity index (χ4v) is 6.94. The topological polar surface area (TPSA) is 67.2 Å². The van der Waals surface area contributed by atoms with E-state index >= 15 is 0 Å². The fraction of sp³-hybridized carbons (Fsp3) is 0.609. The van der Waals surface area contributed by atoms with Gasteiger partial charge >= 0.3 is 0 Å². The second-order valence-electron chi connectivity index (χ2n) is 9.30. The summed E-state index contributed by atoms with van der Waals surface area (Å²) < 4.78 is 30.2. The van der Waals surface area contributed by atoms with Gasteiger partial charge in [0.05, 0.1) is 10.6 Å². The minimum absolute atomic E-state index is 0.279. The van der Waals surface area contributed by atoms with E-state index in [1.54, 1.807) is 24.3 Å². The molecule has 1 aromatic heterocycles. The van der Waals surface area contributed by atoms with Crippen LogP contribution in [0.25, 0.3) is 0 Å². The lowest BCUT2D eigenvalue weighted by Crippen LogP contribution is -2.56. The molecule has 7 heteroatoms. The lowest BCUT2D eigenvalue weighted by molar-refractivity contribution is 0.0306. The van der Waals surface area contributed by atoms with E-state index in [0.29, 0.717) is 29.2 Å². The van der Waals surface area contributed by atoms with Crippen LogP contribution in [-0.4, -0.2) is 48.8 Å². The van der Waals surface area contributed by atoms with Crippen molar-refractivity contribution in [2.24, 2.45) is 13.0 Å². The van der Waals surface area contributed by atoms with Crippen molar-refractivity contribution in [1.29, 1.82) is 0 Å². The van der Waals surface area contributed by atoms with Gasteiger partial charge in [-0.1, -0.05) is 31.0 Å². The summed E-state index contributed by atoms with van der Waals surface area (Å²) >= 11 is 0. The van der Waals surface area contributed by atoms with E-state index in [2.05, 4.69) is 27.4 Å². The fourth-order valence-electron chi connectivity index (χ4n) is 5.85. The molecule has 1 aromatic carbocycles.